The number of nitrogens with one attached hydrogen (secondary N) is 1. The summed E-state index contributed by atoms with van der Waals surface area (Å²) in [5, 5.41) is 3.65. The molecule has 2 rings (SSSR count). The molecule has 0 spiro atoms. The average Bonchev–Trinajstić information content (AvgIpc) is 2.67. The second-order valence-electron chi connectivity index (χ2n) is 9.02. The molecule has 0 aliphatic rings. The van der Waals surface area contributed by atoms with Crippen LogP contribution in [-0.4, -0.2) is 34.9 Å². The molecule has 5 nitrogen and oxygen atoms in total. The molecule has 0 saturated carbocycles. The number of amides is 2. The fourth-order valence-corrected chi connectivity index (χ4v) is 3.35. The van der Waals surface area contributed by atoms with E-state index in [-0.39, 0.29) is 18.4 Å². The van der Waals surface area contributed by atoms with Gasteiger partial charge in [-0.3, -0.25) is 9.59 Å². The SMILES string of the molecule is Cc1ccccc1CN(C(=O)COc1cc(C)c(Cl)c(C)c1)[C@@H](C)C(=O)NC(C)(C)C. The standard InChI is InChI=1S/C25H33ClN2O3/c1-16-10-8-9-11-20(16)14-28(19(4)24(30)27-25(5,6)7)22(29)15-31-21-12-17(2)23(26)18(3)13-21/h8-13,19H,14-15H2,1-7H3,(H,27,30)/t19-/m0/s1. The highest BCUT2D eigenvalue weighted by Crippen LogP contribution is 2.26. The Morgan fingerprint density at radius 2 is 1.65 bits per heavy atom. The molecular formula is C25H33ClN2O3. The van der Waals surface area contributed by atoms with E-state index in [2.05, 4.69) is 5.32 Å². The summed E-state index contributed by atoms with van der Waals surface area (Å²) in [5.74, 6) is 0.119. The van der Waals surface area contributed by atoms with Crippen LogP contribution in [0, 0.1) is 20.8 Å². The van der Waals surface area contributed by atoms with E-state index in [9.17, 15) is 9.59 Å². The van der Waals surface area contributed by atoms with Crippen molar-refractivity contribution in [3.05, 3.63) is 63.7 Å². The molecule has 0 aliphatic carbocycles. The first-order chi connectivity index (χ1) is 14.4. The molecule has 0 heterocycles. The van der Waals surface area contributed by atoms with E-state index in [4.69, 9.17) is 16.3 Å². The maximum atomic E-state index is 13.2. The van der Waals surface area contributed by atoms with Crippen molar-refractivity contribution in [2.75, 3.05) is 6.61 Å². The van der Waals surface area contributed by atoms with Crippen molar-refractivity contribution in [3.63, 3.8) is 0 Å². The summed E-state index contributed by atoms with van der Waals surface area (Å²) >= 11 is 6.22. The molecule has 1 atom stereocenters. The van der Waals surface area contributed by atoms with Gasteiger partial charge in [-0.2, -0.15) is 0 Å². The highest BCUT2D eigenvalue weighted by atomic mass is 35.5. The van der Waals surface area contributed by atoms with Crippen LogP contribution < -0.4 is 10.1 Å². The lowest BCUT2D eigenvalue weighted by Crippen LogP contribution is -2.53. The predicted octanol–water partition coefficient (Wildman–Crippen LogP) is 4.98. The van der Waals surface area contributed by atoms with Crippen LogP contribution in [0.15, 0.2) is 36.4 Å². The van der Waals surface area contributed by atoms with Crippen molar-refractivity contribution in [1.82, 2.24) is 10.2 Å². The van der Waals surface area contributed by atoms with Crippen molar-refractivity contribution < 1.29 is 14.3 Å². The van der Waals surface area contributed by atoms with Gasteiger partial charge in [0, 0.05) is 17.1 Å². The number of carbonyl (C=O) groups is 2. The zero-order chi connectivity index (χ0) is 23.3. The molecule has 0 radical (unpaired) electrons. The van der Waals surface area contributed by atoms with E-state index in [1.54, 1.807) is 11.8 Å². The Morgan fingerprint density at radius 1 is 1.06 bits per heavy atom. The Bertz CT molecular complexity index is 927. The third-order valence-corrected chi connectivity index (χ3v) is 5.64. The van der Waals surface area contributed by atoms with Crippen LogP contribution in [0.25, 0.3) is 0 Å². The predicted molar refractivity (Wildman–Crippen MR) is 126 cm³/mol. The maximum Gasteiger partial charge on any atom is 0.261 e. The van der Waals surface area contributed by atoms with Crippen LogP contribution in [0.1, 0.15) is 49.9 Å². The van der Waals surface area contributed by atoms with Gasteiger partial charge in [0.1, 0.15) is 11.8 Å². The minimum Gasteiger partial charge on any atom is -0.484 e. The quantitative estimate of drug-likeness (QED) is 0.655. The van der Waals surface area contributed by atoms with Crippen LogP contribution in [-0.2, 0) is 16.1 Å². The molecule has 2 aromatic rings. The highest BCUT2D eigenvalue weighted by Gasteiger charge is 2.29. The van der Waals surface area contributed by atoms with Gasteiger partial charge in [0.15, 0.2) is 6.61 Å². The van der Waals surface area contributed by atoms with Gasteiger partial charge in [-0.25, -0.2) is 0 Å². The van der Waals surface area contributed by atoms with E-state index in [0.29, 0.717) is 17.3 Å². The minimum absolute atomic E-state index is 0.167. The lowest BCUT2D eigenvalue weighted by atomic mass is 10.1. The summed E-state index contributed by atoms with van der Waals surface area (Å²) in [4.78, 5) is 27.6. The maximum absolute atomic E-state index is 13.2. The van der Waals surface area contributed by atoms with Crippen molar-refractivity contribution >= 4 is 23.4 Å². The summed E-state index contributed by atoms with van der Waals surface area (Å²) in [7, 11) is 0. The molecule has 0 unspecified atom stereocenters. The van der Waals surface area contributed by atoms with Gasteiger partial charge in [-0.15, -0.1) is 0 Å². The van der Waals surface area contributed by atoms with Gasteiger partial charge in [0.2, 0.25) is 5.91 Å². The Hall–Kier alpha value is -2.53. The van der Waals surface area contributed by atoms with Gasteiger partial charge >= 0.3 is 0 Å². The molecular weight excluding hydrogens is 412 g/mol. The van der Waals surface area contributed by atoms with Crippen molar-refractivity contribution in [1.29, 1.82) is 0 Å². The summed E-state index contributed by atoms with van der Waals surface area (Å²) in [6.45, 7) is 13.4. The van der Waals surface area contributed by atoms with Gasteiger partial charge in [0.25, 0.3) is 5.91 Å². The largest absolute Gasteiger partial charge is 0.484 e. The van der Waals surface area contributed by atoms with Crippen LogP contribution in [0.2, 0.25) is 5.02 Å². The number of aryl methyl sites for hydroxylation is 3. The summed E-state index contributed by atoms with van der Waals surface area (Å²) in [5.41, 5.74) is 3.44. The zero-order valence-corrected chi connectivity index (χ0v) is 20.3. The first-order valence-electron chi connectivity index (χ1n) is 10.4. The van der Waals surface area contributed by atoms with Crippen LogP contribution in [0.5, 0.6) is 5.75 Å². The molecule has 0 bridgehead atoms. The average molecular weight is 445 g/mol. The molecule has 0 fully saturated rings. The number of ether oxygens (including phenoxy) is 1. The Balaban J connectivity index is 2.23. The minimum atomic E-state index is -0.649. The smallest absolute Gasteiger partial charge is 0.261 e. The molecule has 6 heteroatoms. The van der Waals surface area contributed by atoms with E-state index in [1.807, 2.05) is 77.9 Å². The molecule has 1 N–H and O–H groups in total. The molecule has 168 valence electrons. The number of rotatable bonds is 7. The van der Waals surface area contributed by atoms with Crippen molar-refractivity contribution in [3.8, 4) is 5.75 Å². The lowest BCUT2D eigenvalue weighted by molar-refractivity contribution is -0.142. The molecule has 0 aromatic heterocycles. The van der Waals surface area contributed by atoms with Gasteiger partial charge in [-0.05, 0) is 82.9 Å². The number of halogens is 1. The number of benzene rings is 2. The van der Waals surface area contributed by atoms with E-state index >= 15 is 0 Å². The first kappa shape index (κ1) is 24.7. The lowest BCUT2D eigenvalue weighted by Gasteiger charge is -2.31. The third-order valence-electron chi connectivity index (χ3n) is 5.04. The first-order valence-corrected chi connectivity index (χ1v) is 10.8. The Labute approximate surface area is 190 Å². The highest BCUT2D eigenvalue weighted by molar-refractivity contribution is 6.32. The second kappa shape index (κ2) is 10.2. The fourth-order valence-electron chi connectivity index (χ4n) is 3.25. The Kier molecular flexibility index (Phi) is 8.13. The third kappa shape index (κ3) is 7.00. The molecule has 2 aromatic carbocycles. The van der Waals surface area contributed by atoms with Gasteiger partial charge in [-0.1, -0.05) is 35.9 Å². The van der Waals surface area contributed by atoms with E-state index in [1.165, 1.54) is 0 Å². The number of carbonyl (C=O) groups excluding carboxylic acids is 2. The fraction of sp³-hybridized carbons (Fsp3) is 0.440. The monoisotopic (exact) mass is 444 g/mol. The van der Waals surface area contributed by atoms with Crippen molar-refractivity contribution in [2.45, 2.75) is 66.6 Å². The van der Waals surface area contributed by atoms with Crippen LogP contribution in [0.4, 0.5) is 0 Å². The van der Waals surface area contributed by atoms with E-state index in [0.717, 1.165) is 22.3 Å². The summed E-state index contributed by atoms with van der Waals surface area (Å²) < 4.78 is 5.78. The van der Waals surface area contributed by atoms with Crippen LogP contribution >= 0.6 is 11.6 Å². The Morgan fingerprint density at radius 3 is 2.19 bits per heavy atom. The summed E-state index contributed by atoms with van der Waals surface area (Å²) in [6.07, 6.45) is 0. The summed E-state index contributed by atoms with van der Waals surface area (Å²) in [6, 6.07) is 10.8. The molecule has 2 amide bonds. The second-order valence-corrected chi connectivity index (χ2v) is 9.40. The topological polar surface area (TPSA) is 58.6 Å². The molecule has 31 heavy (non-hydrogen) atoms. The van der Waals surface area contributed by atoms with E-state index < -0.39 is 11.6 Å². The number of hydrogen-bond acceptors (Lipinski definition) is 3. The van der Waals surface area contributed by atoms with Crippen molar-refractivity contribution in [2.24, 2.45) is 0 Å². The van der Waals surface area contributed by atoms with Crippen LogP contribution in [0.3, 0.4) is 0 Å². The molecule has 0 aliphatic heterocycles. The van der Waals surface area contributed by atoms with Gasteiger partial charge < -0.3 is 15.0 Å². The van der Waals surface area contributed by atoms with Gasteiger partial charge in [0.05, 0.1) is 0 Å². The molecule has 0 saturated heterocycles. The number of nitrogens with zero attached hydrogens (tertiary/aromatic N) is 1. The number of hydrogen-bond donors (Lipinski definition) is 1. The zero-order valence-electron chi connectivity index (χ0n) is 19.5. The normalized spacial score (nSPS) is 12.3.